The molecule has 4 rings (SSSR count). The Labute approximate surface area is 181 Å². The number of carboxylic acids is 1. The lowest BCUT2D eigenvalue weighted by atomic mass is 10.1. The summed E-state index contributed by atoms with van der Waals surface area (Å²) in [5, 5.41) is 13.1. The smallest absolute Gasteiger partial charge is 0.324 e. The molecule has 1 fully saturated rings. The van der Waals surface area contributed by atoms with Crippen molar-refractivity contribution in [3.8, 4) is 11.3 Å². The fraction of sp³-hybridized carbons (Fsp3) is 0.263. The molecule has 28 heavy (non-hydrogen) atoms. The first-order valence-corrected chi connectivity index (χ1v) is 10.5. The van der Waals surface area contributed by atoms with E-state index in [0.29, 0.717) is 33.1 Å². The van der Waals surface area contributed by atoms with E-state index in [2.05, 4.69) is 5.16 Å². The van der Waals surface area contributed by atoms with Gasteiger partial charge in [-0.15, -0.1) is 11.6 Å². The van der Waals surface area contributed by atoms with Crippen LogP contribution in [0, 0.1) is 0 Å². The Kier molecular flexibility index (Phi) is 7.35. The fourth-order valence-corrected chi connectivity index (χ4v) is 3.85. The highest BCUT2D eigenvalue weighted by Crippen LogP contribution is 2.46. The molecular formula is C19H16Cl3NO4S. The molecule has 2 aromatic rings. The van der Waals surface area contributed by atoms with E-state index < -0.39 is 11.2 Å². The molecule has 0 spiro atoms. The zero-order chi connectivity index (χ0) is 20.1. The van der Waals surface area contributed by atoms with Crippen molar-refractivity contribution in [3.05, 3.63) is 64.1 Å². The third-order valence-corrected chi connectivity index (χ3v) is 5.72. The summed E-state index contributed by atoms with van der Waals surface area (Å²) in [5.74, 6) is 0.814. The summed E-state index contributed by atoms with van der Waals surface area (Å²) in [6.45, 7) is 0. The minimum Gasteiger partial charge on any atom is -0.480 e. The summed E-state index contributed by atoms with van der Waals surface area (Å²) < 4.78 is 10.2. The van der Waals surface area contributed by atoms with Crippen LogP contribution in [0.1, 0.15) is 30.1 Å². The zero-order valence-electron chi connectivity index (χ0n) is 14.5. The maximum atomic E-state index is 10.3. The fourth-order valence-electron chi connectivity index (χ4n) is 2.53. The molecule has 1 aliphatic carbocycles. The van der Waals surface area contributed by atoms with Crippen LogP contribution in [0.3, 0.4) is 0 Å². The van der Waals surface area contributed by atoms with Crippen molar-refractivity contribution in [2.75, 3.05) is 0 Å². The summed E-state index contributed by atoms with van der Waals surface area (Å²) in [4.78, 5) is 10.3. The van der Waals surface area contributed by atoms with E-state index >= 15 is 0 Å². The van der Waals surface area contributed by atoms with E-state index in [9.17, 15) is 4.79 Å². The number of carboxylic acid groups (broad SMARTS) is 1. The maximum Gasteiger partial charge on any atom is 0.324 e. The highest BCUT2D eigenvalue weighted by molar-refractivity contribution is 7.96. The van der Waals surface area contributed by atoms with Crippen molar-refractivity contribution >= 4 is 52.8 Å². The van der Waals surface area contributed by atoms with Gasteiger partial charge in [0, 0.05) is 17.0 Å². The Morgan fingerprint density at radius 3 is 2.57 bits per heavy atom. The van der Waals surface area contributed by atoms with Crippen LogP contribution in [0.2, 0.25) is 10.0 Å². The van der Waals surface area contributed by atoms with Crippen LogP contribution in [-0.4, -0.2) is 21.5 Å². The Balaban J connectivity index is 0.000000192. The number of hydrogen-bond acceptors (Lipinski definition) is 5. The lowest BCUT2D eigenvalue weighted by Gasteiger charge is -2.04. The number of carbonyl (C=O) groups is 1. The van der Waals surface area contributed by atoms with Crippen molar-refractivity contribution in [3.63, 3.8) is 0 Å². The van der Waals surface area contributed by atoms with Gasteiger partial charge in [0.25, 0.3) is 0 Å². The Hall–Kier alpha value is -1.60. The van der Waals surface area contributed by atoms with Crippen LogP contribution in [0.15, 0.2) is 47.2 Å². The van der Waals surface area contributed by atoms with Gasteiger partial charge in [0.15, 0.2) is 5.25 Å². The van der Waals surface area contributed by atoms with Gasteiger partial charge in [0.05, 0.1) is 28.0 Å². The minimum atomic E-state index is -0.884. The van der Waals surface area contributed by atoms with Gasteiger partial charge in [-0.1, -0.05) is 46.6 Å². The molecule has 0 bridgehead atoms. The number of rotatable bonds is 4. The molecule has 148 valence electrons. The first-order valence-electron chi connectivity index (χ1n) is 8.40. The van der Waals surface area contributed by atoms with Gasteiger partial charge in [-0.2, -0.15) is 0 Å². The van der Waals surface area contributed by atoms with Crippen molar-refractivity contribution in [1.82, 2.24) is 5.16 Å². The van der Waals surface area contributed by atoms with Gasteiger partial charge < -0.3 is 13.8 Å². The summed E-state index contributed by atoms with van der Waals surface area (Å²) in [5.41, 5.74) is 2.28. The summed E-state index contributed by atoms with van der Waals surface area (Å²) >= 11 is 19.3. The van der Waals surface area contributed by atoms with Gasteiger partial charge in [-0.25, -0.2) is 0 Å². The topological polar surface area (TPSA) is 72.6 Å². The van der Waals surface area contributed by atoms with E-state index in [1.807, 2.05) is 0 Å². The lowest BCUT2D eigenvalue weighted by Crippen LogP contribution is -2.12. The number of halogens is 3. The van der Waals surface area contributed by atoms with E-state index in [-0.39, 0.29) is 0 Å². The highest BCUT2D eigenvalue weighted by Gasteiger charge is 2.32. The first-order chi connectivity index (χ1) is 13.5. The van der Waals surface area contributed by atoms with Crippen LogP contribution in [0.5, 0.6) is 0 Å². The van der Waals surface area contributed by atoms with Crippen molar-refractivity contribution in [2.24, 2.45) is 0 Å². The van der Waals surface area contributed by atoms with Crippen LogP contribution in [-0.2, 0) is 14.9 Å². The second-order valence-electron chi connectivity index (χ2n) is 6.04. The van der Waals surface area contributed by atoms with Crippen molar-refractivity contribution in [2.45, 2.75) is 29.9 Å². The number of nitrogens with zero attached hydrogens (tertiary/aromatic N) is 1. The quantitative estimate of drug-likeness (QED) is 0.417. The molecule has 1 unspecified atom stereocenters. The van der Waals surface area contributed by atoms with Crippen LogP contribution in [0.25, 0.3) is 11.3 Å². The molecular weight excluding hydrogens is 445 g/mol. The molecule has 1 N–H and O–H groups in total. The second-order valence-corrected chi connectivity index (χ2v) is 8.02. The van der Waals surface area contributed by atoms with Gasteiger partial charge >= 0.3 is 5.97 Å². The van der Waals surface area contributed by atoms with Gasteiger partial charge in [-0.3, -0.25) is 4.79 Å². The largest absolute Gasteiger partial charge is 0.480 e. The SMILES string of the molecule is ClCc1c(-c2c(Cl)cccc2Cl)noc1C1CC1.O=C(O)C1C=CC=COS1. The molecule has 1 aromatic carbocycles. The summed E-state index contributed by atoms with van der Waals surface area (Å²) in [7, 11) is 0. The first kappa shape index (κ1) is 21.1. The minimum absolute atomic E-state index is 0.353. The van der Waals surface area contributed by atoms with E-state index in [1.54, 1.807) is 36.4 Å². The number of allylic oxidation sites excluding steroid dienone is 2. The third-order valence-electron chi connectivity index (χ3n) is 4.03. The highest BCUT2D eigenvalue weighted by atomic mass is 35.5. The number of hydrogen-bond donors (Lipinski definition) is 1. The van der Waals surface area contributed by atoms with E-state index in [4.69, 9.17) is 48.6 Å². The second kappa shape index (κ2) is 9.74. The molecule has 1 atom stereocenters. The summed E-state index contributed by atoms with van der Waals surface area (Å²) in [6, 6.07) is 5.37. The predicted molar refractivity (Wildman–Crippen MR) is 112 cm³/mol. The summed E-state index contributed by atoms with van der Waals surface area (Å²) in [6.07, 6.45) is 8.58. The molecule has 1 aromatic heterocycles. The average molecular weight is 461 g/mol. The normalized spacial score (nSPS) is 18.0. The predicted octanol–water partition coefficient (Wildman–Crippen LogP) is 6.45. The van der Waals surface area contributed by atoms with Crippen LogP contribution in [0.4, 0.5) is 0 Å². The van der Waals surface area contributed by atoms with E-state index in [0.717, 1.165) is 36.2 Å². The standard InChI is InChI=1S/C13H10Cl3NO.C6H6O3S/c14-6-8-12(17-18-13(8)7-4-5-7)11-9(15)2-1-3-10(11)16;7-6(8)5-3-1-2-4-9-10-5/h1-3,7H,4-6H2;1-5H,(H,7,8). The van der Waals surface area contributed by atoms with Gasteiger partial charge in [0.1, 0.15) is 17.7 Å². The monoisotopic (exact) mass is 459 g/mol. The Morgan fingerprint density at radius 2 is 1.96 bits per heavy atom. The molecule has 0 saturated heterocycles. The molecule has 1 saturated carbocycles. The van der Waals surface area contributed by atoms with Gasteiger partial charge in [0.2, 0.25) is 0 Å². The third kappa shape index (κ3) is 5.06. The molecule has 2 heterocycles. The zero-order valence-corrected chi connectivity index (χ0v) is 17.6. The number of aliphatic carboxylic acids is 1. The molecule has 1 aliphatic heterocycles. The van der Waals surface area contributed by atoms with Crippen LogP contribution >= 0.6 is 46.8 Å². The van der Waals surface area contributed by atoms with Gasteiger partial charge in [-0.05, 0) is 31.1 Å². The molecule has 0 radical (unpaired) electrons. The number of benzene rings is 1. The molecule has 9 heteroatoms. The number of alkyl halides is 1. The Bertz CT molecular complexity index is 888. The van der Waals surface area contributed by atoms with Crippen molar-refractivity contribution < 1.29 is 18.6 Å². The number of aromatic nitrogens is 1. The van der Waals surface area contributed by atoms with Crippen molar-refractivity contribution in [1.29, 1.82) is 0 Å². The lowest BCUT2D eigenvalue weighted by molar-refractivity contribution is -0.135. The Morgan fingerprint density at radius 1 is 1.25 bits per heavy atom. The maximum absolute atomic E-state index is 10.3. The van der Waals surface area contributed by atoms with E-state index in [1.165, 1.54) is 6.26 Å². The molecule has 2 aliphatic rings. The average Bonchev–Trinajstić information content (AvgIpc) is 3.47. The molecule has 5 nitrogen and oxygen atoms in total. The molecule has 0 amide bonds. The van der Waals surface area contributed by atoms with Crippen LogP contribution < -0.4 is 0 Å².